The molecule has 9 atom stereocenters. The van der Waals surface area contributed by atoms with Crippen LogP contribution in [0, 0.1) is 17.8 Å². The van der Waals surface area contributed by atoms with Gasteiger partial charge in [0.15, 0.2) is 0 Å². The number of ether oxygens (including phenoxy) is 3. The number of allylic oxidation sites excluding steroid dienone is 2. The van der Waals surface area contributed by atoms with Gasteiger partial charge >= 0.3 is 0 Å². The van der Waals surface area contributed by atoms with E-state index in [0.29, 0.717) is 31.4 Å². The minimum Gasteiger partial charge on any atom is -0.485 e. The molecule has 1 saturated heterocycles. The number of hydrogen-bond acceptors (Lipinski definition) is 9. The van der Waals surface area contributed by atoms with Gasteiger partial charge in [-0.2, -0.15) is 0 Å². The van der Waals surface area contributed by atoms with Crippen LogP contribution in [0.25, 0.3) is 0 Å². The summed E-state index contributed by atoms with van der Waals surface area (Å²) in [7, 11) is 0. The van der Waals surface area contributed by atoms with Gasteiger partial charge in [0.05, 0.1) is 12.4 Å². The molecule has 4 rings (SSSR count). The maximum absolute atomic E-state index is 11.8. The average Bonchev–Trinajstić information content (AvgIpc) is 3.04. The summed E-state index contributed by atoms with van der Waals surface area (Å²) in [5.74, 6) is -0.656. The highest BCUT2D eigenvalue weighted by molar-refractivity contribution is 5.30. The normalized spacial score (nSPS) is 37.7. The Bertz CT molecular complexity index is 921. The number of hydrogen-bond donors (Lipinski definition) is 6. The minimum absolute atomic E-state index is 0.0790. The number of benzene rings is 1. The lowest BCUT2D eigenvalue weighted by Gasteiger charge is -2.62. The van der Waals surface area contributed by atoms with Crippen LogP contribution in [0.3, 0.4) is 0 Å². The van der Waals surface area contributed by atoms with Crippen molar-refractivity contribution in [2.24, 2.45) is 17.8 Å². The van der Waals surface area contributed by atoms with Crippen molar-refractivity contribution in [1.29, 1.82) is 0 Å². The first-order valence-electron chi connectivity index (χ1n) is 13.1. The second kappa shape index (κ2) is 11.8. The zero-order valence-corrected chi connectivity index (χ0v) is 21.1. The molecule has 1 aliphatic carbocycles. The van der Waals surface area contributed by atoms with Gasteiger partial charge in [0.2, 0.25) is 11.9 Å². The fourth-order valence-corrected chi connectivity index (χ4v) is 6.47. The molecule has 206 valence electrons. The highest BCUT2D eigenvalue weighted by atomic mass is 16.7. The predicted octanol–water partition coefficient (Wildman–Crippen LogP) is 1.04. The molecule has 1 aromatic rings. The van der Waals surface area contributed by atoms with Crippen LogP contribution in [0.4, 0.5) is 0 Å². The van der Waals surface area contributed by atoms with E-state index < -0.39 is 47.6 Å². The monoisotopic (exact) mass is 520 g/mol. The molecule has 0 aromatic heterocycles. The Morgan fingerprint density at radius 1 is 1.16 bits per heavy atom. The smallest absolute Gasteiger partial charge is 0.243 e. The topological polar surface area (TPSA) is 149 Å². The van der Waals surface area contributed by atoms with Crippen LogP contribution in [0.2, 0.25) is 0 Å². The summed E-state index contributed by atoms with van der Waals surface area (Å²) < 4.78 is 18.8. The van der Waals surface area contributed by atoms with E-state index in [-0.39, 0.29) is 38.6 Å². The molecule has 2 fully saturated rings. The van der Waals surface area contributed by atoms with Gasteiger partial charge in [-0.3, -0.25) is 0 Å². The van der Waals surface area contributed by atoms with Crippen LogP contribution >= 0.6 is 0 Å². The predicted molar refractivity (Wildman–Crippen MR) is 134 cm³/mol. The molecular formula is C28H40O9. The molecule has 0 radical (unpaired) electrons. The summed E-state index contributed by atoms with van der Waals surface area (Å²) >= 11 is 0. The first kappa shape index (κ1) is 28.0. The second-order valence-electron chi connectivity index (χ2n) is 10.4. The molecular weight excluding hydrogens is 480 g/mol. The summed E-state index contributed by atoms with van der Waals surface area (Å²) in [4.78, 5) is 0. The molecule has 6 N–H and O–H groups in total. The van der Waals surface area contributed by atoms with E-state index in [4.69, 9.17) is 14.2 Å². The minimum atomic E-state index is -1.84. The van der Waals surface area contributed by atoms with Crippen LogP contribution in [0.15, 0.2) is 49.3 Å². The fourth-order valence-electron chi connectivity index (χ4n) is 6.47. The molecule has 1 spiro atoms. The van der Waals surface area contributed by atoms with Gasteiger partial charge in [-0.1, -0.05) is 18.2 Å². The Morgan fingerprint density at radius 2 is 1.92 bits per heavy atom. The maximum Gasteiger partial charge on any atom is 0.243 e. The van der Waals surface area contributed by atoms with E-state index >= 15 is 0 Å². The molecule has 37 heavy (non-hydrogen) atoms. The van der Waals surface area contributed by atoms with Crippen LogP contribution in [-0.2, 0) is 15.9 Å². The Labute approximate surface area is 217 Å². The lowest BCUT2D eigenvalue weighted by molar-refractivity contribution is -0.390. The Kier molecular flexibility index (Phi) is 8.96. The molecule has 0 amide bonds. The van der Waals surface area contributed by atoms with Crippen molar-refractivity contribution in [2.45, 2.75) is 74.3 Å². The Morgan fingerprint density at radius 3 is 2.57 bits per heavy atom. The fraction of sp³-hybridized carbons (Fsp3) is 0.643. The lowest BCUT2D eigenvalue weighted by Crippen LogP contribution is -2.80. The standard InChI is InChI=1S/C28H40O9/c1-2-4-18-6-8-20(9-7-18)36-26-28-22(21(17-31)19(11-15-30)12-16-35-28)10-13-27(34,25(28)33)24(37-26)23(32)5-3-14-29/h2,6-9,12,16,19,21-26,29-34H,1,3-5,10-11,13-15,17H2. The molecule has 9 heteroatoms. The Hall–Kier alpha value is -1.98. The summed E-state index contributed by atoms with van der Waals surface area (Å²) in [6.45, 7) is 3.32. The van der Waals surface area contributed by atoms with Gasteiger partial charge in [0, 0.05) is 25.7 Å². The average molecular weight is 521 g/mol. The first-order chi connectivity index (χ1) is 17.8. The maximum atomic E-state index is 11.8. The third kappa shape index (κ3) is 5.06. The van der Waals surface area contributed by atoms with Gasteiger partial charge in [-0.25, -0.2) is 0 Å². The first-order valence-corrected chi connectivity index (χ1v) is 13.1. The van der Waals surface area contributed by atoms with Gasteiger partial charge in [-0.05, 0) is 74.1 Å². The zero-order valence-electron chi connectivity index (χ0n) is 21.1. The highest BCUT2D eigenvalue weighted by Crippen LogP contribution is 2.56. The van der Waals surface area contributed by atoms with Crippen LogP contribution in [-0.4, -0.2) is 86.3 Å². The van der Waals surface area contributed by atoms with E-state index in [1.54, 1.807) is 24.3 Å². The Balaban J connectivity index is 1.75. The van der Waals surface area contributed by atoms with Gasteiger partial charge in [-0.15, -0.1) is 6.58 Å². The van der Waals surface area contributed by atoms with Crippen LogP contribution in [0.1, 0.15) is 37.7 Å². The van der Waals surface area contributed by atoms with Crippen molar-refractivity contribution >= 4 is 0 Å². The number of rotatable bonds is 11. The van der Waals surface area contributed by atoms with Gasteiger partial charge in [0.1, 0.15) is 23.6 Å². The van der Waals surface area contributed by atoms with Crippen molar-refractivity contribution in [3.05, 3.63) is 54.8 Å². The van der Waals surface area contributed by atoms with E-state index in [2.05, 4.69) is 6.58 Å². The molecule has 2 heterocycles. The number of aliphatic hydroxyl groups is 6. The molecule has 9 unspecified atom stereocenters. The van der Waals surface area contributed by atoms with E-state index in [0.717, 1.165) is 5.56 Å². The van der Waals surface area contributed by atoms with Crippen molar-refractivity contribution in [2.75, 3.05) is 19.8 Å². The molecule has 1 aromatic carbocycles. The van der Waals surface area contributed by atoms with Crippen LogP contribution in [0.5, 0.6) is 5.75 Å². The second-order valence-corrected chi connectivity index (χ2v) is 10.4. The number of fused-ring (bicyclic) bond motifs is 1. The SMILES string of the molecule is C=CCc1ccc(OC2OC(C(O)CCCO)C3(O)CCC4C(CO)C(CCO)C=COC24C3O)cc1. The van der Waals surface area contributed by atoms with E-state index in [1.165, 1.54) is 6.26 Å². The van der Waals surface area contributed by atoms with E-state index in [1.807, 2.05) is 12.1 Å². The van der Waals surface area contributed by atoms with Crippen molar-refractivity contribution in [3.63, 3.8) is 0 Å². The summed E-state index contributed by atoms with van der Waals surface area (Å²) in [5.41, 5.74) is -2.40. The molecule has 3 aliphatic rings. The summed E-state index contributed by atoms with van der Waals surface area (Å²) in [6.07, 6.45) is 1.91. The molecule has 1 saturated carbocycles. The third-order valence-electron chi connectivity index (χ3n) is 8.36. The molecule has 2 bridgehead atoms. The quantitative estimate of drug-likeness (QED) is 0.235. The molecule has 9 nitrogen and oxygen atoms in total. The van der Waals surface area contributed by atoms with Crippen molar-refractivity contribution < 1.29 is 44.8 Å². The number of aliphatic hydroxyl groups excluding tert-OH is 5. The van der Waals surface area contributed by atoms with Gasteiger partial charge in [0.25, 0.3) is 0 Å². The summed E-state index contributed by atoms with van der Waals surface area (Å²) in [5, 5.41) is 63.8. The largest absolute Gasteiger partial charge is 0.485 e. The summed E-state index contributed by atoms with van der Waals surface area (Å²) in [6, 6.07) is 7.31. The van der Waals surface area contributed by atoms with E-state index in [9.17, 15) is 30.6 Å². The zero-order chi connectivity index (χ0) is 26.6. The lowest BCUT2D eigenvalue weighted by atomic mass is 9.57. The van der Waals surface area contributed by atoms with Gasteiger partial charge < -0.3 is 44.8 Å². The van der Waals surface area contributed by atoms with Crippen LogP contribution < -0.4 is 4.74 Å². The molecule has 2 aliphatic heterocycles. The van der Waals surface area contributed by atoms with Crippen molar-refractivity contribution in [3.8, 4) is 5.75 Å². The highest BCUT2D eigenvalue weighted by Gasteiger charge is 2.73. The van der Waals surface area contributed by atoms with Crippen molar-refractivity contribution in [1.82, 2.24) is 0 Å². The third-order valence-corrected chi connectivity index (χ3v) is 8.36.